The SMILES string of the molecule is CCCCCCc1ccc(C(=O)N[C@H](CO)C(=O)N[C@H](C)C(=O)NCC(=O)N(C)[C@H](C(=O)N[C@@H](C)C(=O)NC(CC(N)=O)C(=O)NCC=O)C(C)O)cc1. The molecule has 6 atom stereocenters. The molecule has 19 heteroatoms. The summed E-state index contributed by atoms with van der Waals surface area (Å²) in [6.07, 6.45) is 3.60. The Hall–Kier alpha value is -5.43. The Bertz CT molecular complexity index is 1470. The summed E-state index contributed by atoms with van der Waals surface area (Å²) in [5.41, 5.74) is 6.48. The number of rotatable bonds is 24. The van der Waals surface area contributed by atoms with Crippen LogP contribution in [0.1, 0.15) is 75.7 Å². The van der Waals surface area contributed by atoms with Gasteiger partial charge in [0.1, 0.15) is 36.5 Å². The number of hydrogen-bond acceptors (Lipinski definition) is 11. The molecule has 2 unspecified atom stereocenters. The molecule has 8 amide bonds. The van der Waals surface area contributed by atoms with Crippen molar-refractivity contribution in [2.24, 2.45) is 5.73 Å². The number of primary amides is 1. The molecule has 1 aromatic rings. The molecule has 0 radical (unpaired) electrons. The number of nitrogens with one attached hydrogen (secondary N) is 6. The summed E-state index contributed by atoms with van der Waals surface area (Å²) in [7, 11) is 1.16. The van der Waals surface area contributed by atoms with Gasteiger partial charge >= 0.3 is 0 Å². The average Bonchev–Trinajstić information content (AvgIpc) is 3.12. The highest BCUT2D eigenvalue weighted by Crippen LogP contribution is 2.10. The second-order valence-corrected chi connectivity index (χ2v) is 12.7. The summed E-state index contributed by atoms with van der Waals surface area (Å²) in [4.78, 5) is 112. The van der Waals surface area contributed by atoms with Crippen molar-refractivity contribution in [1.82, 2.24) is 36.8 Å². The molecule has 0 spiro atoms. The highest BCUT2D eigenvalue weighted by atomic mass is 16.3. The first-order valence-corrected chi connectivity index (χ1v) is 17.6. The molecule has 0 saturated heterocycles. The van der Waals surface area contributed by atoms with Gasteiger partial charge in [0, 0.05) is 12.6 Å². The highest BCUT2D eigenvalue weighted by molar-refractivity contribution is 5.99. The van der Waals surface area contributed by atoms with Crippen LogP contribution in [0.25, 0.3) is 0 Å². The number of nitrogens with two attached hydrogens (primary N) is 1. The van der Waals surface area contributed by atoms with E-state index in [0.717, 1.165) is 49.6 Å². The van der Waals surface area contributed by atoms with Gasteiger partial charge < -0.3 is 57.5 Å². The van der Waals surface area contributed by atoms with Gasteiger partial charge in [0.2, 0.25) is 41.4 Å². The molecular weight excluding hydrogens is 708 g/mol. The Morgan fingerprint density at radius 2 is 1.39 bits per heavy atom. The smallest absolute Gasteiger partial charge is 0.251 e. The lowest BCUT2D eigenvalue weighted by atomic mass is 10.0. The molecule has 300 valence electrons. The summed E-state index contributed by atoms with van der Waals surface area (Å²) in [6, 6.07) is -0.101. The van der Waals surface area contributed by atoms with Gasteiger partial charge in [0.05, 0.1) is 32.2 Å². The van der Waals surface area contributed by atoms with Crippen molar-refractivity contribution in [3.8, 4) is 0 Å². The maximum absolute atomic E-state index is 13.1. The van der Waals surface area contributed by atoms with Crippen LogP contribution in [0.2, 0.25) is 0 Å². The van der Waals surface area contributed by atoms with Crippen molar-refractivity contribution < 1.29 is 53.4 Å². The molecule has 0 aromatic heterocycles. The maximum Gasteiger partial charge on any atom is 0.251 e. The fraction of sp³-hybridized carbons (Fsp3) is 0.571. The molecule has 19 nitrogen and oxygen atoms in total. The average molecular weight is 763 g/mol. The monoisotopic (exact) mass is 762 g/mol. The van der Waals surface area contributed by atoms with E-state index < -0.39 is 103 Å². The van der Waals surface area contributed by atoms with E-state index in [-0.39, 0.29) is 12.1 Å². The summed E-state index contributed by atoms with van der Waals surface area (Å²) < 4.78 is 0. The molecule has 0 saturated carbocycles. The first kappa shape index (κ1) is 46.6. The van der Waals surface area contributed by atoms with Crippen LogP contribution in [0.15, 0.2) is 24.3 Å². The Kier molecular flexibility index (Phi) is 20.7. The van der Waals surface area contributed by atoms with Gasteiger partial charge in [-0.05, 0) is 51.3 Å². The summed E-state index contributed by atoms with van der Waals surface area (Å²) in [5, 5.41) is 33.9. The first-order valence-electron chi connectivity index (χ1n) is 17.6. The number of carbonyl (C=O) groups is 9. The minimum absolute atomic E-state index is 0.277. The van der Waals surface area contributed by atoms with Gasteiger partial charge in [-0.1, -0.05) is 38.3 Å². The number of hydrogen-bond donors (Lipinski definition) is 9. The van der Waals surface area contributed by atoms with Crippen molar-refractivity contribution in [1.29, 1.82) is 0 Å². The number of amides is 8. The zero-order valence-electron chi connectivity index (χ0n) is 31.3. The van der Waals surface area contributed by atoms with Crippen LogP contribution in [-0.2, 0) is 44.8 Å². The number of likely N-dealkylation sites (N-methyl/N-ethyl adjacent to an activating group) is 1. The van der Waals surface area contributed by atoms with Crippen molar-refractivity contribution in [2.75, 3.05) is 26.7 Å². The predicted molar refractivity (Wildman–Crippen MR) is 194 cm³/mol. The van der Waals surface area contributed by atoms with Crippen LogP contribution in [0, 0.1) is 0 Å². The lowest BCUT2D eigenvalue weighted by Crippen LogP contribution is -2.59. The van der Waals surface area contributed by atoms with E-state index in [9.17, 15) is 53.4 Å². The Morgan fingerprint density at radius 1 is 0.778 bits per heavy atom. The molecule has 0 fully saturated rings. The summed E-state index contributed by atoms with van der Waals surface area (Å²) >= 11 is 0. The van der Waals surface area contributed by atoms with Crippen molar-refractivity contribution >= 4 is 53.5 Å². The van der Waals surface area contributed by atoms with Crippen LogP contribution in [-0.4, -0.2) is 132 Å². The summed E-state index contributed by atoms with van der Waals surface area (Å²) in [6.45, 7) is 4.03. The first-order chi connectivity index (χ1) is 25.5. The molecule has 0 aliphatic heterocycles. The number of aliphatic hydroxyl groups excluding tert-OH is 2. The number of carbonyl (C=O) groups excluding carboxylic acids is 9. The Labute approximate surface area is 313 Å². The van der Waals surface area contributed by atoms with Crippen LogP contribution < -0.4 is 37.6 Å². The standard InChI is InChI=1S/C35H54N8O11/c1-6-7-8-9-10-23-11-13-24(14-12-23)32(51)42-26(19-45)34(53)39-20(2)30(49)38-18-28(48)43(5)29(22(4)46)35(54)40-21(3)31(50)41-25(17-27(36)47)33(52)37-15-16-44/h11-14,16,20-22,25-26,29,45-46H,6-10,15,17-19H2,1-5H3,(H2,36,47)(H,37,52)(H,38,49)(H,39,53)(H,40,54)(H,41,50)(H,42,51)/t20-,21+,22?,25?,26-,29+/m1/s1. The molecule has 1 aromatic carbocycles. The van der Waals surface area contributed by atoms with E-state index >= 15 is 0 Å². The zero-order chi connectivity index (χ0) is 41.0. The fourth-order valence-corrected chi connectivity index (χ4v) is 5.05. The number of aldehydes is 1. The third-order valence-electron chi connectivity index (χ3n) is 8.19. The molecular formula is C35H54N8O11. The van der Waals surface area contributed by atoms with E-state index in [1.165, 1.54) is 20.8 Å². The minimum Gasteiger partial charge on any atom is -0.394 e. The largest absolute Gasteiger partial charge is 0.394 e. The van der Waals surface area contributed by atoms with Crippen LogP contribution >= 0.6 is 0 Å². The molecule has 0 bridgehead atoms. The number of aryl methyl sites for hydroxylation is 1. The second kappa shape index (κ2) is 24.0. The topological polar surface area (TPSA) is 296 Å². The lowest BCUT2D eigenvalue weighted by molar-refractivity contribution is -0.144. The zero-order valence-corrected chi connectivity index (χ0v) is 31.3. The minimum atomic E-state index is -1.56. The van der Waals surface area contributed by atoms with Gasteiger partial charge in [-0.3, -0.25) is 38.4 Å². The van der Waals surface area contributed by atoms with Crippen molar-refractivity contribution in [3.63, 3.8) is 0 Å². The van der Waals surface area contributed by atoms with Crippen LogP contribution in [0.5, 0.6) is 0 Å². The number of benzene rings is 1. The third kappa shape index (κ3) is 16.1. The van der Waals surface area contributed by atoms with E-state index in [2.05, 4.69) is 38.8 Å². The lowest BCUT2D eigenvalue weighted by Gasteiger charge is -2.30. The van der Waals surface area contributed by atoms with Crippen molar-refractivity contribution in [2.45, 2.75) is 103 Å². The summed E-state index contributed by atoms with van der Waals surface area (Å²) in [5.74, 6) is -6.86. The fourth-order valence-electron chi connectivity index (χ4n) is 5.05. The third-order valence-corrected chi connectivity index (χ3v) is 8.19. The van der Waals surface area contributed by atoms with E-state index in [0.29, 0.717) is 6.29 Å². The molecule has 0 aliphatic carbocycles. The number of nitrogens with zero attached hydrogens (tertiary/aromatic N) is 1. The van der Waals surface area contributed by atoms with E-state index in [1.54, 1.807) is 12.1 Å². The second-order valence-electron chi connectivity index (χ2n) is 12.7. The normalized spacial score (nSPS) is 14.1. The van der Waals surface area contributed by atoms with Gasteiger partial charge in [-0.25, -0.2) is 0 Å². The molecule has 0 heterocycles. The number of unbranched alkanes of at least 4 members (excludes halogenated alkanes) is 3. The van der Waals surface area contributed by atoms with Gasteiger partial charge in [-0.15, -0.1) is 0 Å². The molecule has 0 aliphatic rings. The Balaban J connectivity index is 2.74. The van der Waals surface area contributed by atoms with E-state index in [4.69, 9.17) is 5.73 Å². The van der Waals surface area contributed by atoms with Crippen LogP contribution in [0.4, 0.5) is 0 Å². The quantitative estimate of drug-likeness (QED) is 0.0376. The van der Waals surface area contributed by atoms with Gasteiger partial charge in [-0.2, -0.15) is 0 Å². The van der Waals surface area contributed by atoms with E-state index in [1.807, 2.05) is 12.1 Å². The predicted octanol–water partition coefficient (Wildman–Crippen LogP) is -3.09. The highest BCUT2D eigenvalue weighted by Gasteiger charge is 2.34. The molecule has 54 heavy (non-hydrogen) atoms. The van der Waals surface area contributed by atoms with Gasteiger partial charge in [0.25, 0.3) is 5.91 Å². The maximum atomic E-state index is 13.1. The van der Waals surface area contributed by atoms with Crippen molar-refractivity contribution in [3.05, 3.63) is 35.4 Å². The molecule has 1 rings (SSSR count). The van der Waals surface area contributed by atoms with Gasteiger partial charge in [0.15, 0.2) is 0 Å². The Morgan fingerprint density at radius 3 is 1.94 bits per heavy atom. The van der Waals surface area contributed by atoms with Crippen LogP contribution in [0.3, 0.4) is 0 Å². The molecule has 10 N–H and O–H groups in total. The number of aliphatic hydroxyl groups is 2.